The molecule has 0 heterocycles. The van der Waals surface area contributed by atoms with E-state index in [1.54, 1.807) is 12.2 Å². The molecule has 1 aromatic carbocycles. The molecule has 0 unspecified atom stereocenters. The number of hydroxylamine groups is 2. The van der Waals surface area contributed by atoms with E-state index in [1.807, 2.05) is 30.3 Å². The fourth-order valence-electron chi connectivity index (χ4n) is 2.35. The molecule has 1 N–H and O–H groups in total. The number of allylic oxidation sites excluding steroid dienone is 2. The van der Waals surface area contributed by atoms with Crippen LogP contribution < -0.4 is 5.32 Å². The van der Waals surface area contributed by atoms with Crippen LogP contribution in [0.2, 0.25) is 0 Å². The largest absolute Gasteiger partial charge is 0.348 e. The minimum absolute atomic E-state index is 0.0949. The number of amides is 2. The fraction of sp³-hybridized carbons (Fsp3) is 0.429. The van der Waals surface area contributed by atoms with Gasteiger partial charge in [-0.1, -0.05) is 68.7 Å². The van der Waals surface area contributed by atoms with Crippen LogP contribution in [0.1, 0.15) is 44.6 Å². The van der Waals surface area contributed by atoms with Gasteiger partial charge in [-0.2, -0.15) is 0 Å². The third kappa shape index (κ3) is 8.62. The number of nitrogens with one attached hydrogen (secondary N) is 1. The van der Waals surface area contributed by atoms with Gasteiger partial charge in [-0.3, -0.25) is 14.4 Å². The van der Waals surface area contributed by atoms with E-state index in [0.29, 0.717) is 18.5 Å². The molecule has 1 aromatic rings. The van der Waals surface area contributed by atoms with Crippen molar-refractivity contribution in [1.82, 2.24) is 10.4 Å². The van der Waals surface area contributed by atoms with Crippen LogP contribution in [-0.2, 0) is 21.0 Å². The summed E-state index contributed by atoms with van der Waals surface area (Å²) >= 11 is 0. The van der Waals surface area contributed by atoms with Crippen LogP contribution in [-0.4, -0.2) is 31.0 Å². The highest BCUT2D eigenvalue weighted by Gasteiger charge is 2.09. The lowest BCUT2D eigenvalue weighted by Crippen LogP contribution is -2.24. The summed E-state index contributed by atoms with van der Waals surface area (Å²) < 4.78 is 0. The predicted octanol–water partition coefficient (Wildman–Crippen LogP) is 3.78. The van der Waals surface area contributed by atoms with Gasteiger partial charge in [0.25, 0.3) is 5.91 Å². The summed E-state index contributed by atoms with van der Waals surface area (Å²) in [4.78, 5) is 29.1. The Morgan fingerprint density at radius 1 is 1.15 bits per heavy atom. The molecule has 0 aromatic heterocycles. The lowest BCUT2D eigenvalue weighted by Gasteiger charge is -2.10. The number of benzene rings is 1. The van der Waals surface area contributed by atoms with E-state index in [1.165, 1.54) is 20.2 Å². The molecule has 5 nitrogen and oxygen atoms in total. The van der Waals surface area contributed by atoms with Crippen LogP contribution in [0, 0.1) is 0 Å². The summed E-state index contributed by atoms with van der Waals surface area (Å²) in [7, 11) is 2.96. The Kier molecular flexibility index (Phi) is 10.7. The molecule has 0 spiro atoms. The average Bonchev–Trinajstić information content (AvgIpc) is 2.67. The molecule has 0 radical (unpaired) electrons. The Hall–Kier alpha value is -2.40. The molecule has 0 aliphatic rings. The molecule has 0 fully saturated rings. The van der Waals surface area contributed by atoms with Crippen molar-refractivity contribution < 1.29 is 14.4 Å². The maximum atomic E-state index is 12.5. The smallest absolute Gasteiger partial charge is 0.269 e. The van der Waals surface area contributed by atoms with E-state index in [0.717, 1.165) is 36.3 Å². The summed E-state index contributed by atoms with van der Waals surface area (Å²) in [6, 6.07) is 9.80. The van der Waals surface area contributed by atoms with Crippen molar-refractivity contribution in [3.8, 4) is 0 Å². The quantitative estimate of drug-likeness (QED) is 0.283. The third-order valence-corrected chi connectivity index (χ3v) is 4.01. The van der Waals surface area contributed by atoms with Crippen LogP contribution in [0.4, 0.5) is 0 Å². The first kappa shape index (κ1) is 21.6. The molecule has 0 aliphatic carbocycles. The summed E-state index contributed by atoms with van der Waals surface area (Å²) in [5.74, 6) is -0.374. The molecule has 0 bridgehead atoms. The van der Waals surface area contributed by atoms with Crippen LogP contribution in [0.15, 0.2) is 54.1 Å². The van der Waals surface area contributed by atoms with Gasteiger partial charge in [-0.25, -0.2) is 5.06 Å². The Balaban J connectivity index is 2.69. The highest BCUT2D eigenvalue weighted by molar-refractivity contribution is 5.94. The van der Waals surface area contributed by atoms with Crippen molar-refractivity contribution in [1.29, 1.82) is 0 Å². The van der Waals surface area contributed by atoms with Gasteiger partial charge in [0.2, 0.25) is 5.91 Å². The van der Waals surface area contributed by atoms with Gasteiger partial charge in [0, 0.05) is 25.2 Å². The Bertz CT molecular complexity index is 609. The number of rotatable bonds is 11. The Morgan fingerprint density at radius 3 is 2.54 bits per heavy atom. The molecule has 5 heteroatoms. The fourth-order valence-corrected chi connectivity index (χ4v) is 2.35. The van der Waals surface area contributed by atoms with Gasteiger partial charge < -0.3 is 5.32 Å². The standard InChI is InChI=1S/C21H30N2O3/c1-4-5-6-10-14-19(15-11-16-20(24)23(2)26-3)21(25)22-17-18-12-8-7-9-13-18/h7-9,11-13,15-16H,4-6,10,14,17H2,1-3H3,(H,22,25)/b16-11+,19-15-. The molecule has 1 rings (SSSR count). The number of carbonyl (C=O) groups is 2. The summed E-state index contributed by atoms with van der Waals surface area (Å²) in [6.07, 6.45) is 9.76. The lowest BCUT2D eigenvalue weighted by atomic mass is 10.0. The lowest BCUT2D eigenvalue weighted by molar-refractivity contribution is -0.162. The number of unbranched alkanes of at least 4 members (excludes halogenated alkanes) is 3. The van der Waals surface area contributed by atoms with Crippen molar-refractivity contribution in [2.75, 3.05) is 14.2 Å². The summed E-state index contributed by atoms with van der Waals surface area (Å²) in [6.45, 7) is 2.64. The highest BCUT2D eigenvalue weighted by Crippen LogP contribution is 2.11. The van der Waals surface area contributed by atoms with Gasteiger partial charge in [0.1, 0.15) is 0 Å². The average molecular weight is 358 g/mol. The second-order valence-electron chi connectivity index (χ2n) is 6.05. The number of carbonyl (C=O) groups excluding carboxylic acids is 2. The van der Waals surface area contributed by atoms with Gasteiger partial charge in [-0.15, -0.1) is 0 Å². The minimum atomic E-state index is -0.279. The zero-order valence-electron chi connectivity index (χ0n) is 16.0. The van der Waals surface area contributed by atoms with E-state index in [4.69, 9.17) is 4.84 Å². The number of hydrogen-bond donors (Lipinski definition) is 1. The monoisotopic (exact) mass is 358 g/mol. The Morgan fingerprint density at radius 2 is 1.88 bits per heavy atom. The Labute approximate surface area is 156 Å². The predicted molar refractivity (Wildman–Crippen MR) is 104 cm³/mol. The molecular formula is C21H30N2O3. The van der Waals surface area contributed by atoms with Crippen LogP contribution >= 0.6 is 0 Å². The van der Waals surface area contributed by atoms with E-state index < -0.39 is 0 Å². The number of likely N-dealkylation sites (N-methyl/N-ethyl adjacent to an activating group) is 1. The molecule has 142 valence electrons. The molecule has 2 amide bonds. The minimum Gasteiger partial charge on any atom is -0.348 e. The van der Waals surface area contributed by atoms with Crippen molar-refractivity contribution in [3.05, 3.63) is 59.7 Å². The van der Waals surface area contributed by atoms with E-state index in [2.05, 4.69) is 12.2 Å². The van der Waals surface area contributed by atoms with Crippen LogP contribution in [0.25, 0.3) is 0 Å². The van der Waals surface area contributed by atoms with E-state index in [9.17, 15) is 9.59 Å². The van der Waals surface area contributed by atoms with Gasteiger partial charge in [0.15, 0.2) is 0 Å². The highest BCUT2D eigenvalue weighted by atomic mass is 16.7. The summed E-state index contributed by atoms with van der Waals surface area (Å²) in [5, 5.41) is 4.08. The van der Waals surface area contributed by atoms with Crippen LogP contribution in [0.3, 0.4) is 0 Å². The first-order valence-corrected chi connectivity index (χ1v) is 9.09. The van der Waals surface area contributed by atoms with Crippen LogP contribution in [0.5, 0.6) is 0 Å². The zero-order valence-corrected chi connectivity index (χ0v) is 16.0. The van der Waals surface area contributed by atoms with Crippen molar-refractivity contribution in [2.24, 2.45) is 0 Å². The molecule has 0 saturated heterocycles. The zero-order chi connectivity index (χ0) is 19.2. The third-order valence-electron chi connectivity index (χ3n) is 4.01. The number of nitrogens with zero attached hydrogens (tertiary/aromatic N) is 1. The SMILES string of the molecule is CCCCCC/C(=C/C=C/C(=O)N(C)OC)C(=O)NCc1ccccc1. The van der Waals surface area contributed by atoms with Crippen molar-refractivity contribution in [3.63, 3.8) is 0 Å². The summed E-state index contributed by atoms with van der Waals surface area (Å²) in [5.41, 5.74) is 1.74. The second-order valence-corrected chi connectivity index (χ2v) is 6.05. The second kappa shape index (κ2) is 12.9. The van der Waals surface area contributed by atoms with E-state index >= 15 is 0 Å². The van der Waals surface area contributed by atoms with Crippen molar-refractivity contribution >= 4 is 11.8 Å². The first-order chi connectivity index (χ1) is 12.6. The van der Waals surface area contributed by atoms with Gasteiger partial charge >= 0.3 is 0 Å². The molecular weight excluding hydrogens is 328 g/mol. The van der Waals surface area contributed by atoms with Crippen molar-refractivity contribution in [2.45, 2.75) is 45.6 Å². The molecule has 26 heavy (non-hydrogen) atoms. The maximum absolute atomic E-state index is 12.5. The van der Waals surface area contributed by atoms with E-state index in [-0.39, 0.29) is 11.8 Å². The molecule has 0 atom stereocenters. The maximum Gasteiger partial charge on any atom is 0.269 e. The molecule has 0 saturated carbocycles. The first-order valence-electron chi connectivity index (χ1n) is 9.09. The normalized spacial score (nSPS) is 11.6. The number of hydrogen-bond acceptors (Lipinski definition) is 3. The van der Waals surface area contributed by atoms with Gasteiger partial charge in [-0.05, 0) is 18.4 Å². The van der Waals surface area contributed by atoms with Gasteiger partial charge in [0.05, 0.1) is 7.11 Å². The topological polar surface area (TPSA) is 58.6 Å². The molecule has 0 aliphatic heterocycles.